The molecule has 2 rings (SSSR count). The SMILES string of the molecule is COC(=O)C(C)Nc1ccccc1C(=O)[C@H](CC(=O)O)NCCCc1ccc(O)c(O)c1. The number of phenols is 2. The topological polar surface area (TPSA) is 145 Å². The lowest BCUT2D eigenvalue weighted by Crippen LogP contribution is -2.40. The zero-order valence-electron chi connectivity index (χ0n) is 18.0. The van der Waals surface area contributed by atoms with Crippen molar-refractivity contribution in [1.29, 1.82) is 0 Å². The van der Waals surface area contributed by atoms with E-state index >= 15 is 0 Å². The number of carbonyl (C=O) groups excluding carboxylic acids is 2. The minimum Gasteiger partial charge on any atom is -0.504 e. The summed E-state index contributed by atoms with van der Waals surface area (Å²) in [6.07, 6.45) is 0.732. The second kappa shape index (κ2) is 11.7. The number of hydrogen-bond donors (Lipinski definition) is 5. The van der Waals surface area contributed by atoms with E-state index in [1.54, 1.807) is 37.3 Å². The number of para-hydroxylation sites is 1. The molecule has 0 aromatic heterocycles. The molecule has 32 heavy (non-hydrogen) atoms. The number of aliphatic carboxylic acids is 1. The van der Waals surface area contributed by atoms with Crippen LogP contribution in [0.2, 0.25) is 0 Å². The molecule has 2 atom stereocenters. The van der Waals surface area contributed by atoms with E-state index in [9.17, 15) is 29.7 Å². The maximum Gasteiger partial charge on any atom is 0.327 e. The number of Topliss-reactive ketones (excluding diaryl/α,β-unsaturated/α-hetero) is 1. The molecule has 0 bridgehead atoms. The average molecular weight is 444 g/mol. The van der Waals surface area contributed by atoms with Gasteiger partial charge in [0.25, 0.3) is 0 Å². The van der Waals surface area contributed by atoms with E-state index in [1.165, 1.54) is 19.2 Å². The number of aromatic hydroxyl groups is 2. The van der Waals surface area contributed by atoms with Crippen LogP contribution in [0.1, 0.15) is 35.7 Å². The summed E-state index contributed by atoms with van der Waals surface area (Å²) in [4.78, 5) is 36.2. The van der Waals surface area contributed by atoms with Gasteiger partial charge in [-0.05, 0) is 56.1 Å². The van der Waals surface area contributed by atoms with Crippen LogP contribution in [-0.2, 0) is 20.7 Å². The number of carbonyl (C=O) groups is 3. The first-order chi connectivity index (χ1) is 15.2. The van der Waals surface area contributed by atoms with Crippen LogP contribution >= 0.6 is 0 Å². The van der Waals surface area contributed by atoms with Crippen molar-refractivity contribution in [2.75, 3.05) is 19.0 Å². The number of benzene rings is 2. The predicted molar refractivity (Wildman–Crippen MR) is 118 cm³/mol. The number of ketones is 1. The monoisotopic (exact) mass is 444 g/mol. The summed E-state index contributed by atoms with van der Waals surface area (Å²) in [6, 6.07) is 9.46. The van der Waals surface area contributed by atoms with Gasteiger partial charge in [-0.3, -0.25) is 9.59 Å². The molecule has 2 aromatic rings. The summed E-state index contributed by atoms with van der Waals surface area (Å²) in [5.74, 6) is -2.43. The van der Waals surface area contributed by atoms with E-state index in [2.05, 4.69) is 10.6 Å². The summed E-state index contributed by atoms with van der Waals surface area (Å²) >= 11 is 0. The third-order valence-corrected chi connectivity index (χ3v) is 4.89. The average Bonchev–Trinajstić information content (AvgIpc) is 2.77. The minimum absolute atomic E-state index is 0.201. The van der Waals surface area contributed by atoms with Crippen LogP contribution in [0.15, 0.2) is 42.5 Å². The molecule has 172 valence electrons. The van der Waals surface area contributed by atoms with E-state index in [4.69, 9.17) is 4.74 Å². The van der Waals surface area contributed by atoms with Gasteiger partial charge in [0.15, 0.2) is 17.3 Å². The first kappa shape index (κ1) is 24.7. The Bertz CT molecular complexity index is 961. The third-order valence-electron chi connectivity index (χ3n) is 4.89. The highest BCUT2D eigenvalue weighted by Crippen LogP contribution is 2.25. The van der Waals surface area contributed by atoms with Crippen molar-refractivity contribution in [2.24, 2.45) is 0 Å². The van der Waals surface area contributed by atoms with Gasteiger partial charge < -0.3 is 30.7 Å². The summed E-state index contributed by atoms with van der Waals surface area (Å²) in [5, 5.41) is 34.1. The van der Waals surface area contributed by atoms with Gasteiger partial charge in [-0.1, -0.05) is 18.2 Å². The Morgan fingerprint density at radius 2 is 1.78 bits per heavy atom. The van der Waals surface area contributed by atoms with Gasteiger partial charge in [-0.2, -0.15) is 0 Å². The fraction of sp³-hybridized carbons (Fsp3) is 0.348. The summed E-state index contributed by atoms with van der Waals surface area (Å²) < 4.78 is 4.69. The van der Waals surface area contributed by atoms with Crippen LogP contribution in [0.3, 0.4) is 0 Å². The zero-order chi connectivity index (χ0) is 23.7. The number of nitrogens with one attached hydrogen (secondary N) is 2. The van der Waals surface area contributed by atoms with E-state index in [0.29, 0.717) is 25.1 Å². The highest BCUT2D eigenvalue weighted by Gasteiger charge is 2.25. The first-order valence-electron chi connectivity index (χ1n) is 10.2. The van der Waals surface area contributed by atoms with Crippen LogP contribution in [0.25, 0.3) is 0 Å². The lowest BCUT2D eigenvalue weighted by molar-refractivity contribution is -0.141. The fourth-order valence-corrected chi connectivity index (χ4v) is 3.21. The van der Waals surface area contributed by atoms with Gasteiger partial charge in [0.05, 0.1) is 19.6 Å². The number of methoxy groups -OCH3 is 1. The molecule has 0 fully saturated rings. The van der Waals surface area contributed by atoms with Crippen LogP contribution in [0, 0.1) is 0 Å². The van der Waals surface area contributed by atoms with Crippen molar-refractivity contribution >= 4 is 23.4 Å². The Hall–Kier alpha value is -3.59. The molecule has 5 N–H and O–H groups in total. The van der Waals surface area contributed by atoms with Gasteiger partial charge in [0, 0.05) is 11.3 Å². The Kier molecular flexibility index (Phi) is 9.03. The van der Waals surface area contributed by atoms with E-state index < -0.39 is 36.2 Å². The molecule has 9 nitrogen and oxygen atoms in total. The predicted octanol–water partition coefficient (Wildman–Crippen LogP) is 2.32. The fourth-order valence-electron chi connectivity index (χ4n) is 3.21. The standard InChI is InChI=1S/C23H28N2O7/c1-14(23(31)32-2)25-17-8-4-3-7-16(17)22(30)18(13-21(28)29)24-11-5-6-15-9-10-19(26)20(27)12-15/h3-4,7-10,12,14,18,24-27H,5-6,11,13H2,1-2H3,(H,28,29)/t14?,18-/m0/s1. The largest absolute Gasteiger partial charge is 0.504 e. The Balaban J connectivity index is 2.07. The summed E-state index contributed by atoms with van der Waals surface area (Å²) in [5.41, 5.74) is 1.48. The molecule has 1 unspecified atom stereocenters. The quantitative estimate of drug-likeness (QED) is 0.144. The molecule has 0 amide bonds. The number of anilines is 1. The van der Waals surface area contributed by atoms with E-state index in [-0.39, 0.29) is 17.1 Å². The van der Waals surface area contributed by atoms with Crippen LogP contribution in [-0.4, -0.2) is 58.8 Å². The molecular weight excluding hydrogens is 416 g/mol. The zero-order valence-corrected chi connectivity index (χ0v) is 18.0. The maximum atomic E-state index is 13.1. The van der Waals surface area contributed by atoms with Crippen molar-refractivity contribution in [3.05, 3.63) is 53.6 Å². The highest BCUT2D eigenvalue weighted by molar-refractivity contribution is 6.06. The number of phenolic OH excluding ortho intramolecular Hbond substituents is 2. The Morgan fingerprint density at radius 1 is 1.06 bits per heavy atom. The molecule has 0 spiro atoms. The molecule has 0 saturated heterocycles. The molecular formula is C23H28N2O7. The van der Waals surface area contributed by atoms with Gasteiger partial charge in [0.2, 0.25) is 0 Å². The maximum absolute atomic E-state index is 13.1. The molecule has 0 heterocycles. The van der Waals surface area contributed by atoms with Crippen LogP contribution in [0.4, 0.5) is 5.69 Å². The summed E-state index contributed by atoms with van der Waals surface area (Å²) in [6.45, 7) is 1.96. The highest BCUT2D eigenvalue weighted by atomic mass is 16.5. The number of esters is 1. The van der Waals surface area contributed by atoms with Crippen molar-refractivity contribution in [1.82, 2.24) is 5.32 Å². The van der Waals surface area contributed by atoms with Gasteiger partial charge in [-0.15, -0.1) is 0 Å². The number of carboxylic acids is 1. The van der Waals surface area contributed by atoms with Gasteiger partial charge in [0.1, 0.15) is 6.04 Å². The molecule has 0 aliphatic rings. The molecule has 0 radical (unpaired) electrons. The van der Waals surface area contributed by atoms with Crippen molar-refractivity contribution in [2.45, 2.75) is 38.3 Å². The van der Waals surface area contributed by atoms with Crippen molar-refractivity contribution in [3.63, 3.8) is 0 Å². The molecule has 9 heteroatoms. The summed E-state index contributed by atoms with van der Waals surface area (Å²) in [7, 11) is 1.27. The number of rotatable bonds is 12. The van der Waals surface area contributed by atoms with Gasteiger partial charge >= 0.3 is 11.9 Å². The number of hydrogen-bond acceptors (Lipinski definition) is 8. The molecule has 0 aliphatic carbocycles. The van der Waals surface area contributed by atoms with Crippen molar-refractivity contribution < 1.29 is 34.4 Å². The number of ether oxygens (including phenoxy) is 1. The molecule has 0 aliphatic heterocycles. The normalized spacial score (nSPS) is 12.6. The second-order valence-corrected chi connectivity index (χ2v) is 7.33. The Morgan fingerprint density at radius 3 is 2.44 bits per heavy atom. The minimum atomic E-state index is -1.12. The molecule has 0 saturated carbocycles. The van der Waals surface area contributed by atoms with Gasteiger partial charge in [-0.25, -0.2) is 4.79 Å². The second-order valence-electron chi connectivity index (χ2n) is 7.33. The number of aryl methyl sites for hydroxylation is 1. The van der Waals surface area contributed by atoms with Crippen molar-refractivity contribution in [3.8, 4) is 11.5 Å². The first-order valence-corrected chi connectivity index (χ1v) is 10.2. The van der Waals surface area contributed by atoms with E-state index in [0.717, 1.165) is 5.56 Å². The van der Waals surface area contributed by atoms with Crippen LogP contribution < -0.4 is 10.6 Å². The lowest BCUT2D eigenvalue weighted by atomic mass is 9.99. The molecule has 2 aromatic carbocycles. The third kappa shape index (κ3) is 6.98. The van der Waals surface area contributed by atoms with E-state index in [1.807, 2.05) is 0 Å². The smallest absolute Gasteiger partial charge is 0.327 e. The lowest BCUT2D eigenvalue weighted by Gasteiger charge is -2.20. The van der Waals surface area contributed by atoms with Crippen LogP contribution in [0.5, 0.6) is 11.5 Å². The Labute approximate surface area is 186 Å². The number of carboxylic acid groups (broad SMARTS) is 1.